The van der Waals surface area contributed by atoms with E-state index in [0.29, 0.717) is 5.76 Å². The maximum Gasteiger partial charge on any atom is 0.433 e. The average molecular weight is 182 g/mol. The molecule has 0 aromatic carbocycles. The molecule has 0 N–H and O–H groups in total. The van der Waals surface area contributed by atoms with E-state index in [2.05, 4.69) is 6.92 Å². The minimum Gasteiger partial charge on any atom is -0.406 e. The monoisotopic (exact) mass is 182 g/mol. The molecule has 1 aromatic rings. The summed E-state index contributed by atoms with van der Waals surface area (Å²) in [5.41, 5.74) is 0. The van der Waals surface area contributed by atoms with Gasteiger partial charge >= 0.3 is 5.88 Å². The van der Waals surface area contributed by atoms with Crippen molar-refractivity contribution in [3.63, 3.8) is 0 Å². The van der Waals surface area contributed by atoms with Crippen LogP contribution in [0, 0.1) is 17.0 Å². The van der Waals surface area contributed by atoms with Gasteiger partial charge in [-0.05, 0) is 12.5 Å². The molecule has 4 heteroatoms. The standard InChI is InChI=1S/C9H12NO3/c1-2-3-4-5-8-6-7-9(13-8)10(11)12/h6-7H,1-5H2. The smallest absolute Gasteiger partial charge is 0.406 e. The van der Waals surface area contributed by atoms with E-state index in [4.69, 9.17) is 4.42 Å². The SMILES string of the molecule is [CH2]CCCCc1ccc([N+](=O)[O-])o1. The van der Waals surface area contributed by atoms with Crippen LogP contribution in [0.5, 0.6) is 0 Å². The second kappa shape index (κ2) is 4.64. The quantitative estimate of drug-likeness (QED) is 0.399. The fourth-order valence-electron chi connectivity index (χ4n) is 1.08. The Hall–Kier alpha value is -1.32. The molecule has 0 saturated heterocycles. The van der Waals surface area contributed by atoms with E-state index in [1.807, 2.05) is 0 Å². The zero-order chi connectivity index (χ0) is 9.68. The van der Waals surface area contributed by atoms with Gasteiger partial charge in [-0.15, -0.1) is 0 Å². The van der Waals surface area contributed by atoms with Crippen molar-refractivity contribution in [2.75, 3.05) is 0 Å². The summed E-state index contributed by atoms with van der Waals surface area (Å²) in [6.45, 7) is 3.71. The highest BCUT2D eigenvalue weighted by molar-refractivity contribution is 5.17. The summed E-state index contributed by atoms with van der Waals surface area (Å²) < 4.78 is 4.97. The van der Waals surface area contributed by atoms with Gasteiger partial charge in [0.1, 0.15) is 10.7 Å². The molecular formula is C9H12NO3. The lowest BCUT2D eigenvalue weighted by atomic mass is 10.2. The first kappa shape index (κ1) is 9.77. The highest BCUT2D eigenvalue weighted by atomic mass is 16.6. The van der Waals surface area contributed by atoms with E-state index >= 15 is 0 Å². The number of aryl methyl sites for hydroxylation is 1. The van der Waals surface area contributed by atoms with Crippen molar-refractivity contribution in [3.05, 3.63) is 34.9 Å². The largest absolute Gasteiger partial charge is 0.433 e. The fourth-order valence-corrected chi connectivity index (χ4v) is 1.08. The highest BCUT2D eigenvalue weighted by Gasteiger charge is 2.10. The van der Waals surface area contributed by atoms with Crippen molar-refractivity contribution in [1.82, 2.24) is 0 Å². The fraction of sp³-hybridized carbons (Fsp3) is 0.444. The molecule has 0 atom stereocenters. The number of nitro groups is 1. The summed E-state index contributed by atoms with van der Waals surface area (Å²) in [7, 11) is 0. The maximum absolute atomic E-state index is 10.2. The number of hydrogen-bond acceptors (Lipinski definition) is 3. The van der Waals surface area contributed by atoms with Gasteiger partial charge in [-0.3, -0.25) is 10.1 Å². The molecule has 0 spiro atoms. The lowest BCUT2D eigenvalue weighted by molar-refractivity contribution is -0.402. The average Bonchev–Trinajstić information content (AvgIpc) is 2.53. The highest BCUT2D eigenvalue weighted by Crippen LogP contribution is 2.17. The molecule has 71 valence electrons. The molecule has 4 nitrogen and oxygen atoms in total. The van der Waals surface area contributed by atoms with E-state index in [1.54, 1.807) is 6.07 Å². The molecule has 1 aromatic heterocycles. The van der Waals surface area contributed by atoms with Gasteiger partial charge < -0.3 is 4.42 Å². The number of hydrogen-bond donors (Lipinski definition) is 0. The van der Waals surface area contributed by atoms with Crippen LogP contribution in [-0.4, -0.2) is 4.92 Å². The van der Waals surface area contributed by atoms with E-state index in [-0.39, 0.29) is 5.88 Å². The lowest BCUT2D eigenvalue weighted by Crippen LogP contribution is -1.84. The van der Waals surface area contributed by atoms with Crippen molar-refractivity contribution in [2.45, 2.75) is 25.7 Å². The second-order valence-corrected chi connectivity index (χ2v) is 2.81. The van der Waals surface area contributed by atoms with Crippen molar-refractivity contribution in [1.29, 1.82) is 0 Å². The Morgan fingerprint density at radius 2 is 2.23 bits per heavy atom. The van der Waals surface area contributed by atoms with Gasteiger partial charge in [0.25, 0.3) is 0 Å². The Kier molecular flexibility index (Phi) is 3.49. The Bertz CT molecular complexity index is 280. The molecule has 1 rings (SSSR count). The molecule has 1 radical (unpaired) electrons. The Balaban J connectivity index is 2.44. The molecule has 0 aliphatic heterocycles. The van der Waals surface area contributed by atoms with Gasteiger partial charge in [0.05, 0.1) is 6.07 Å². The van der Waals surface area contributed by atoms with Crippen LogP contribution in [-0.2, 0) is 6.42 Å². The first-order chi connectivity index (χ1) is 6.24. The van der Waals surface area contributed by atoms with Crippen LogP contribution in [0.25, 0.3) is 0 Å². The topological polar surface area (TPSA) is 56.3 Å². The van der Waals surface area contributed by atoms with Gasteiger partial charge in [-0.1, -0.05) is 19.8 Å². The van der Waals surface area contributed by atoms with Crippen LogP contribution in [0.15, 0.2) is 16.5 Å². The number of furan rings is 1. The summed E-state index contributed by atoms with van der Waals surface area (Å²) in [6, 6.07) is 3.04. The van der Waals surface area contributed by atoms with Crippen LogP contribution < -0.4 is 0 Å². The van der Waals surface area contributed by atoms with Crippen molar-refractivity contribution >= 4 is 5.88 Å². The Morgan fingerprint density at radius 1 is 1.46 bits per heavy atom. The van der Waals surface area contributed by atoms with E-state index in [1.165, 1.54) is 6.07 Å². The molecule has 0 fully saturated rings. The van der Waals surface area contributed by atoms with Crippen LogP contribution >= 0.6 is 0 Å². The molecule has 0 bridgehead atoms. The molecule has 0 unspecified atom stereocenters. The van der Waals surface area contributed by atoms with Crippen LogP contribution in [0.1, 0.15) is 25.0 Å². The van der Waals surface area contributed by atoms with E-state index in [9.17, 15) is 10.1 Å². The van der Waals surface area contributed by atoms with Crippen LogP contribution in [0.2, 0.25) is 0 Å². The number of rotatable bonds is 5. The zero-order valence-corrected chi connectivity index (χ0v) is 7.36. The first-order valence-electron chi connectivity index (χ1n) is 4.26. The number of nitrogens with zero attached hydrogens (tertiary/aromatic N) is 1. The summed E-state index contributed by atoms with van der Waals surface area (Å²) in [5, 5.41) is 10.2. The number of unbranched alkanes of at least 4 members (excludes halogenated alkanes) is 2. The minimum absolute atomic E-state index is 0.176. The summed E-state index contributed by atoms with van der Waals surface area (Å²) >= 11 is 0. The third-order valence-electron chi connectivity index (χ3n) is 1.75. The molecular weight excluding hydrogens is 170 g/mol. The predicted octanol–water partition coefficient (Wildman–Crippen LogP) is 2.73. The maximum atomic E-state index is 10.2. The van der Waals surface area contributed by atoms with Gasteiger partial charge in [-0.2, -0.15) is 0 Å². The van der Waals surface area contributed by atoms with E-state index in [0.717, 1.165) is 25.7 Å². The third kappa shape index (κ3) is 2.89. The third-order valence-corrected chi connectivity index (χ3v) is 1.75. The van der Waals surface area contributed by atoms with E-state index < -0.39 is 4.92 Å². The summed E-state index contributed by atoms with van der Waals surface area (Å²) in [5.74, 6) is 0.504. The van der Waals surface area contributed by atoms with Crippen LogP contribution in [0.3, 0.4) is 0 Å². The van der Waals surface area contributed by atoms with Gasteiger partial charge in [-0.25, -0.2) is 0 Å². The molecule has 0 aliphatic carbocycles. The van der Waals surface area contributed by atoms with Gasteiger partial charge in [0.2, 0.25) is 0 Å². The first-order valence-corrected chi connectivity index (χ1v) is 4.26. The second-order valence-electron chi connectivity index (χ2n) is 2.81. The molecule has 1 heterocycles. The van der Waals surface area contributed by atoms with Gasteiger partial charge in [0, 0.05) is 6.42 Å². The predicted molar refractivity (Wildman–Crippen MR) is 48.3 cm³/mol. The lowest BCUT2D eigenvalue weighted by Gasteiger charge is -1.93. The van der Waals surface area contributed by atoms with Crippen molar-refractivity contribution in [2.24, 2.45) is 0 Å². The Labute approximate surface area is 76.7 Å². The molecule has 0 aliphatic rings. The molecule has 13 heavy (non-hydrogen) atoms. The zero-order valence-electron chi connectivity index (χ0n) is 7.36. The van der Waals surface area contributed by atoms with Crippen molar-refractivity contribution < 1.29 is 9.34 Å². The Morgan fingerprint density at radius 3 is 2.77 bits per heavy atom. The van der Waals surface area contributed by atoms with Crippen LogP contribution in [0.4, 0.5) is 5.88 Å². The summed E-state index contributed by atoms with van der Waals surface area (Å²) in [4.78, 5) is 9.72. The molecule has 0 saturated carbocycles. The van der Waals surface area contributed by atoms with Gasteiger partial charge in [0.15, 0.2) is 0 Å². The normalized spacial score (nSPS) is 10.2. The minimum atomic E-state index is -0.523. The van der Waals surface area contributed by atoms with Crippen molar-refractivity contribution in [3.8, 4) is 0 Å². The molecule has 0 amide bonds. The summed E-state index contributed by atoms with van der Waals surface area (Å²) in [6.07, 6.45) is 3.63.